The van der Waals surface area contributed by atoms with Crippen LogP contribution in [0.1, 0.15) is 2.74 Å². The van der Waals surface area contributed by atoms with Gasteiger partial charge in [0.05, 0.1) is 2.74 Å². The third kappa shape index (κ3) is 0.929. The number of benzene rings is 1. The van der Waals surface area contributed by atoms with Crippen molar-refractivity contribution in [2.45, 2.75) is 0 Å². The van der Waals surface area contributed by atoms with Crippen molar-refractivity contribution < 1.29 is 7.85 Å². The summed E-state index contributed by atoms with van der Waals surface area (Å²) in [6.45, 7) is 0. The lowest BCUT2D eigenvalue weighted by atomic mass is 10.3. The molecule has 7 heavy (non-hydrogen) atoms. The van der Waals surface area contributed by atoms with Gasteiger partial charge in [-0.05, 0) is 12.1 Å². The number of aromatic hydroxyl groups is 1. The maximum absolute atomic E-state index is 8.79. The summed E-state index contributed by atoms with van der Waals surface area (Å²) in [7, 11) is 0. The quantitative estimate of drug-likeness (QED) is 0.517. The fourth-order valence-electron chi connectivity index (χ4n) is 0.345. The molecule has 0 radical (unpaired) electrons. The van der Waals surface area contributed by atoms with E-state index >= 15 is 0 Å². The molecule has 0 saturated carbocycles. The van der Waals surface area contributed by atoms with Crippen molar-refractivity contribution in [2.24, 2.45) is 0 Å². The minimum absolute atomic E-state index is 0.0509. The highest BCUT2D eigenvalue weighted by Gasteiger charge is 1.74. The predicted molar refractivity (Wildman–Crippen MR) is 28.1 cm³/mol. The monoisotopic (exact) mass is 96.1 g/mol. The minimum Gasteiger partial charge on any atom is -0.508 e. The molecule has 1 rings (SSSR count). The first-order valence-corrected chi connectivity index (χ1v) is 1.97. The summed E-state index contributed by atoms with van der Waals surface area (Å²) in [4.78, 5) is 0. The second-order valence-corrected chi connectivity index (χ2v) is 1.18. The molecule has 0 bridgehead atoms. The van der Waals surface area contributed by atoms with Crippen molar-refractivity contribution in [3.05, 3.63) is 30.3 Å². The van der Waals surface area contributed by atoms with E-state index in [2.05, 4.69) is 0 Å². The summed E-state index contributed by atoms with van der Waals surface area (Å²) in [6, 6.07) is 4.32. The van der Waals surface area contributed by atoms with Gasteiger partial charge < -0.3 is 5.11 Å². The SMILES string of the molecule is [2H]c1cccc(O)c1[2H]. The van der Waals surface area contributed by atoms with Crippen LogP contribution in [0.25, 0.3) is 0 Å². The molecule has 1 N–H and O–H groups in total. The Labute approximate surface area is 45.0 Å². The Balaban J connectivity index is 3.25. The summed E-state index contributed by atoms with van der Waals surface area (Å²) >= 11 is 0. The molecule has 0 unspecified atom stereocenters. The number of phenolic OH excluding ortho intramolecular Hbond substituents is 1. The second kappa shape index (κ2) is 1.65. The molecular formula is C6H6O. The van der Waals surface area contributed by atoms with Crippen molar-refractivity contribution in [2.75, 3.05) is 0 Å². The molecule has 1 aromatic rings. The Hall–Kier alpha value is -0.980. The predicted octanol–water partition coefficient (Wildman–Crippen LogP) is 1.39. The molecule has 1 heteroatoms. The van der Waals surface area contributed by atoms with Gasteiger partial charge in [0.15, 0.2) is 0 Å². The summed E-state index contributed by atoms with van der Waals surface area (Å²) in [6.07, 6.45) is 0. The summed E-state index contributed by atoms with van der Waals surface area (Å²) in [5.74, 6) is -0.137. The highest BCUT2D eigenvalue weighted by Crippen LogP contribution is 2.02. The Bertz CT molecular complexity index is 202. The van der Waals surface area contributed by atoms with E-state index in [1.807, 2.05) is 0 Å². The Morgan fingerprint density at radius 3 is 3.00 bits per heavy atom. The van der Waals surface area contributed by atoms with Gasteiger partial charge >= 0.3 is 0 Å². The third-order valence-corrected chi connectivity index (χ3v) is 0.634. The molecular weight excluding hydrogens is 88.1 g/mol. The fraction of sp³-hybridized carbons (Fsp3) is 0. The zero-order chi connectivity index (χ0) is 6.85. The lowest BCUT2D eigenvalue weighted by molar-refractivity contribution is 0.475. The molecule has 0 aliphatic rings. The topological polar surface area (TPSA) is 20.2 Å². The van der Waals surface area contributed by atoms with Crippen LogP contribution in [-0.2, 0) is 0 Å². The van der Waals surface area contributed by atoms with Crippen molar-refractivity contribution in [3.63, 3.8) is 0 Å². The van der Waals surface area contributed by atoms with Crippen molar-refractivity contribution in [3.8, 4) is 5.75 Å². The molecule has 0 aromatic heterocycles. The summed E-state index contributed by atoms with van der Waals surface area (Å²) < 4.78 is 14.0. The Kier molecular flexibility index (Phi) is 0.555. The van der Waals surface area contributed by atoms with Crippen molar-refractivity contribution in [1.29, 1.82) is 0 Å². The van der Waals surface area contributed by atoms with E-state index in [1.54, 1.807) is 0 Å². The lowest BCUT2D eigenvalue weighted by Crippen LogP contribution is -1.56. The van der Waals surface area contributed by atoms with Crippen LogP contribution in [-0.4, -0.2) is 5.11 Å². The molecule has 0 heterocycles. The Morgan fingerprint density at radius 2 is 2.43 bits per heavy atom. The van der Waals surface area contributed by atoms with Gasteiger partial charge in [-0.15, -0.1) is 0 Å². The zero-order valence-electron chi connectivity index (χ0n) is 5.68. The number of hydrogen-bond donors (Lipinski definition) is 1. The first-order chi connectivity index (χ1) is 4.22. The van der Waals surface area contributed by atoms with Crippen LogP contribution in [0.15, 0.2) is 30.3 Å². The number of para-hydroxylation sites is 1. The number of phenols is 1. The molecule has 0 atom stereocenters. The number of hydrogen-bond acceptors (Lipinski definition) is 1. The first kappa shape index (κ1) is 2.36. The zero-order valence-corrected chi connectivity index (χ0v) is 3.68. The van der Waals surface area contributed by atoms with Crippen LogP contribution in [0.4, 0.5) is 0 Å². The van der Waals surface area contributed by atoms with Gasteiger partial charge in [0.25, 0.3) is 0 Å². The van der Waals surface area contributed by atoms with Crippen LogP contribution in [0.3, 0.4) is 0 Å². The molecule has 36 valence electrons. The summed E-state index contributed by atoms with van der Waals surface area (Å²) in [5.41, 5.74) is 0. The van der Waals surface area contributed by atoms with Gasteiger partial charge in [-0.3, -0.25) is 0 Å². The largest absolute Gasteiger partial charge is 0.508 e. The average Bonchev–Trinajstić information content (AvgIpc) is 1.83. The van der Waals surface area contributed by atoms with Crippen molar-refractivity contribution in [1.82, 2.24) is 0 Å². The molecule has 0 aliphatic heterocycles. The van der Waals surface area contributed by atoms with Gasteiger partial charge in [0, 0.05) is 0 Å². The number of rotatable bonds is 0. The van der Waals surface area contributed by atoms with E-state index in [0.717, 1.165) is 0 Å². The Morgan fingerprint density at radius 1 is 1.57 bits per heavy atom. The van der Waals surface area contributed by atoms with Gasteiger partial charge in [0.1, 0.15) is 5.75 Å². The van der Waals surface area contributed by atoms with Crippen LogP contribution in [0.5, 0.6) is 5.75 Å². The van der Waals surface area contributed by atoms with Crippen LogP contribution >= 0.6 is 0 Å². The van der Waals surface area contributed by atoms with E-state index in [4.69, 9.17) is 7.85 Å². The van der Waals surface area contributed by atoms with Gasteiger partial charge in [-0.2, -0.15) is 0 Å². The fourth-order valence-corrected chi connectivity index (χ4v) is 0.345. The van der Waals surface area contributed by atoms with E-state index in [9.17, 15) is 0 Å². The smallest absolute Gasteiger partial charge is 0.115 e. The van der Waals surface area contributed by atoms with Crippen LogP contribution in [0, 0.1) is 0 Å². The van der Waals surface area contributed by atoms with Gasteiger partial charge in [-0.1, -0.05) is 18.2 Å². The van der Waals surface area contributed by atoms with E-state index < -0.39 is 0 Å². The normalized spacial score (nSPS) is 12.6. The van der Waals surface area contributed by atoms with Crippen LogP contribution in [0.2, 0.25) is 0 Å². The maximum atomic E-state index is 8.79. The maximum Gasteiger partial charge on any atom is 0.115 e. The van der Waals surface area contributed by atoms with E-state index in [1.165, 1.54) is 18.2 Å². The molecule has 1 aromatic carbocycles. The molecule has 1 nitrogen and oxygen atoms in total. The average molecular weight is 96.1 g/mol. The third-order valence-electron chi connectivity index (χ3n) is 0.634. The molecule has 0 aliphatic carbocycles. The molecule has 0 fully saturated rings. The molecule has 0 amide bonds. The first-order valence-electron chi connectivity index (χ1n) is 2.97. The summed E-state index contributed by atoms with van der Waals surface area (Å²) in [5, 5.41) is 8.79. The van der Waals surface area contributed by atoms with Crippen LogP contribution < -0.4 is 0 Å². The van der Waals surface area contributed by atoms with Crippen molar-refractivity contribution >= 4 is 0 Å². The lowest BCUT2D eigenvalue weighted by Gasteiger charge is -1.82. The highest BCUT2D eigenvalue weighted by molar-refractivity contribution is 5.18. The van der Waals surface area contributed by atoms with E-state index in [0.29, 0.717) is 0 Å². The molecule has 0 saturated heterocycles. The second-order valence-electron chi connectivity index (χ2n) is 1.18. The minimum atomic E-state index is -0.137. The van der Waals surface area contributed by atoms with Gasteiger partial charge in [0.2, 0.25) is 0 Å². The van der Waals surface area contributed by atoms with Gasteiger partial charge in [-0.25, -0.2) is 0 Å². The van der Waals surface area contributed by atoms with E-state index in [-0.39, 0.29) is 17.8 Å². The highest BCUT2D eigenvalue weighted by atomic mass is 16.3. The molecule has 0 spiro atoms. The standard InChI is InChI=1S/C6H6O/c7-6-4-2-1-3-5-6/h1-5,7H/i2D,4D.